The molecule has 11 nitrogen and oxygen atoms in total. The van der Waals surface area contributed by atoms with E-state index in [-0.39, 0.29) is 13.0 Å². The topological polar surface area (TPSA) is 158 Å². The monoisotopic (exact) mass is 471 g/mol. The summed E-state index contributed by atoms with van der Waals surface area (Å²) in [6.07, 6.45) is -2.39. The second kappa shape index (κ2) is 9.86. The minimum Gasteiger partial charge on any atom is -0.469 e. The van der Waals surface area contributed by atoms with Gasteiger partial charge in [-0.25, -0.2) is 0 Å². The Morgan fingerprint density at radius 2 is 1.82 bits per heavy atom. The van der Waals surface area contributed by atoms with E-state index in [1.807, 2.05) is 12.1 Å². The van der Waals surface area contributed by atoms with Crippen LogP contribution in [0.5, 0.6) is 0 Å². The second-order valence-corrected chi connectivity index (χ2v) is 9.36. The summed E-state index contributed by atoms with van der Waals surface area (Å²) in [5.41, 5.74) is -1.72. The van der Waals surface area contributed by atoms with E-state index in [2.05, 4.69) is 16.0 Å². The van der Waals surface area contributed by atoms with Crippen LogP contribution < -0.4 is 16.0 Å². The minimum absolute atomic E-state index is 0.0427. The van der Waals surface area contributed by atoms with Crippen molar-refractivity contribution in [3.05, 3.63) is 24.2 Å². The number of rotatable bonds is 8. The molecule has 1 aromatic heterocycles. The predicted molar refractivity (Wildman–Crippen MR) is 116 cm³/mol. The summed E-state index contributed by atoms with van der Waals surface area (Å²) in [5, 5.41) is 53.9. The number of likely N-dealkylation sites (N-methyl/N-ethyl adjacent to an activating group) is 2. The van der Waals surface area contributed by atoms with Gasteiger partial charge >= 0.3 is 0 Å². The first-order chi connectivity index (χ1) is 15.7. The fourth-order valence-electron chi connectivity index (χ4n) is 5.37. The molecule has 0 bridgehead atoms. The summed E-state index contributed by atoms with van der Waals surface area (Å²) in [6, 6.07) is 2.42. The molecule has 3 fully saturated rings. The number of aliphatic hydroxyl groups is 4. The molecule has 7 N–H and O–H groups in total. The van der Waals surface area contributed by atoms with Gasteiger partial charge in [-0.15, -0.1) is 0 Å². The molecule has 11 heteroatoms. The fraction of sp³-hybridized carbons (Fsp3) is 0.818. The largest absolute Gasteiger partial charge is 0.469 e. The number of fused-ring (bicyclic) bond motifs is 2. The molecule has 0 amide bonds. The van der Waals surface area contributed by atoms with Gasteiger partial charge in [-0.2, -0.15) is 0 Å². The molecule has 3 aliphatic rings. The highest BCUT2D eigenvalue weighted by atomic mass is 16.8. The molecule has 1 saturated carbocycles. The van der Waals surface area contributed by atoms with Crippen LogP contribution in [0.4, 0.5) is 0 Å². The molecule has 0 aromatic carbocycles. The Kier molecular flexibility index (Phi) is 7.47. The highest BCUT2D eigenvalue weighted by Gasteiger charge is 2.68. The lowest BCUT2D eigenvalue weighted by molar-refractivity contribution is -0.482. The van der Waals surface area contributed by atoms with Gasteiger partial charge in [0, 0.05) is 19.4 Å². The Balaban J connectivity index is 1.48. The number of aliphatic hydroxyl groups excluding tert-OH is 2. The van der Waals surface area contributed by atoms with Crippen LogP contribution in [0, 0.1) is 0 Å². The summed E-state index contributed by atoms with van der Waals surface area (Å²) in [6.45, 7) is 2.41. The van der Waals surface area contributed by atoms with Crippen LogP contribution in [0.25, 0.3) is 0 Å². The van der Waals surface area contributed by atoms with E-state index in [0.717, 1.165) is 18.6 Å². The smallest absolute Gasteiger partial charge is 0.249 e. The summed E-state index contributed by atoms with van der Waals surface area (Å²) in [5.74, 6) is -1.31. The van der Waals surface area contributed by atoms with Crippen molar-refractivity contribution in [3.8, 4) is 0 Å². The van der Waals surface area contributed by atoms with Gasteiger partial charge in [0.05, 0.1) is 30.6 Å². The summed E-state index contributed by atoms with van der Waals surface area (Å²) < 4.78 is 23.3. The van der Waals surface area contributed by atoms with E-state index < -0.39 is 60.3 Å². The van der Waals surface area contributed by atoms with Crippen molar-refractivity contribution < 1.29 is 39.1 Å². The van der Waals surface area contributed by atoms with E-state index in [1.54, 1.807) is 27.3 Å². The lowest BCUT2D eigenvalue weighted by atomic mass is 9.77. The van der Waals surface area contributed by atoms with Gasteiger partial charge in [-0.3, -0.25) is 0 Å². The molecule has 10 atom stereocenters. The quantitative estimate of drug-likeness (QED) is 0.211. The summed E-state index contributed by atoms with van der Waals surface area (Å²) in [4.78, 5) is 0. The first-order valence-electron chi connectivity index (χ1n) is 11.6. The fourth-order valence-corrected chi connectivity index (χ4v) is 5.37. The Morgan fingerprint density at radius 1 is 1.06 bits per heavy atom. The van der Waals surface area contributed by atoms with Crippen molar-refractivity contribution in [1.82, 2.24) is 16.0 Å². The normalized spacial score (nSPS) is 45.4. The molecule has 3 unspecified atom stereocenters. The zero-order valence-corrected chi connectivity index (χ0v) is 19.3. The maximum absolute atomic E-state index is 11.6. The van der Waals surface area contributed by atoms with Crippen molar-refractivity contribution in [2.24, 2.45) is 0 Å². The van der Waals surface area contributed by atoms with E-state index in [4.69, 9.17) is 18.6 Å². The van der Waals surface area contributed by atoms with Gasteiger partial charge in [0.15, 0.2) is 0 Å². The van der Waals surface area contributed by atoms with Gasteiger partial charge in [0.1, 0.15) is 29.7 Å². The zero-order valence-electron chi connectivity index (χ0n) is 19.3. The molecular weight excluding hydrogens is 434 g/mol. The average molecular weight is 472 g/mol. The average Bonchev–Trinajstić information content (AvgIpc) is 3.28. The molecule has 1 aliphatic carbocycles. The van der Waals surface area contributed by atoms with E-state index in [0.29, 0.717) is 6.54 Å². The third-order valence-corrected chi connectivity index (χ3v) is 7.12. The Hall–Kier alpha value is -1.12. The zero-order chi connectivity index (χ0) is 23.8. The van der Waals surface area contributed by atoms with Crippen molar-refractivity contribution in [2.45, 2.75) is 86.5 Å². The number of furan rings is 1. The molecule has 1 aromatic rings. The molecule has 4 rings (SSSR count). The number of aryl methyl sites for hydroxylation is 1. The molecule has 0 radical (unpaired) electrons. The summed E-state index contributed by atoms with van der Waals surface area (Å²) >= 11 is 0. The molecule has 2 saturated heterocycles. The van der Waals surface area contributed by atoms with Crippen LogP contribution >= 0.6 is 0 Å². The van der Waals surface area contributed by atoms with Gasteiger partial charge in [0.2, 0.25) is 12.1 Å². The summed E-state index contributed by atoms with van der Waals surface area (Å²) in [7, 11) is 3.29. The number of hydrogen-bond acceptors (Lipinski definition) is 11. The molecular formula is C22H37N3O8. The standard InChI is InChI=1S/C22H37N3O8/c1-12-10-21(28,11-25-8-4-6-13-7-5-9-30-13)22(29)20(31-12)32-19-17(27)14(23-2)16(26)15(24-3)18(19)33-22/h5,7,9,12,14-20,23-29H,4,6,8,10-11H2,1-3H3/t12-,14-,15+,16+,17+,18?,19?,20?,21-,22+/m1/s1. The SMILES string of the molecule is CN[C@@H]1[C@H](O)[C@H](NC)C2O[C@@]3(O)C(OC2[C@H]1O)O[C@H](C)C[C@@]3(O)CNCCCc1ccco1. The Labute approximate surface area is 193 Å². The lowest BCUT2D eigenvalue weighted by Crippen LogP contribution is -2.81. The van der Waals surface area contributed by atoms with Crippen LogP contribution in [-0.4, -0.2) is 108 Å². The van der Waals surface area contributed by atoms with Crippen molar-refractivity contribution in [3.63, 3.8) is 0 Å². The lowest BCUT2D eigenvalue weighted by Gasteiger charge is -2.60. The van der Waals surface area contributed by atoms with Gasteiger partial charge in [0.25, 0.3) is 0 Å². The number of ether oxygens (including phenoxy) is 3. The number of nitrogens with one attached hydrogen (secondary N) is 3. The van der Waals surface area contributed by atoms with Crippen LogP contribution in [0.15, 0.2) is 22.8 Å². The van der Waals surface area contributed by atoms with Gasteiger partial charge in [-0.1, -0.05) is 0 Å². The molecule has 3 heterocycles. The predicted octanol–water partition coefficient (Wildman–Crippen LogP) is -1.95. The highest BCUT2D eigenvalue weighted by molar-refractivity contribution is 5.12. The van der Waals surface area contributed by atoms with Crippen molar-refractivity contribution >= 4 is 0 Å². The van der Waals surface area contributed by atoms with Gasteiger partial charge < -0.3 is 55.0 Å². The Morgan fingerprint density at radius 3 is 2.48 bits per heavy atom. The molecule has 33 heavy (non-hydrogen) atoms. The third-order valence-electron chi connectivity index (χ3n) is 7.12. The maximum atomic E-state index is 11.6. The van der Waals surface area contributed by atoms with Crippen molar-refractivity contribution in [1.29, 1.82) is 0 Å². The van der Waals surface area contributed by atoms with Crippen LogP contribution in [0.3, 0.4) is 0 Å². The molecule has 0 spiro atoms. The van der Waals surface area contributed by atoms with Crippen LogP contribution in [0.2, 0.25) is 0 Å². The third kappa shape index (κ3) is 4.47. The van der Waals surface area contributed by atoms with E-state index in [1.165, 1.54) is 0 Å². The second-order valence-electron chi connectivity index (χ2n) is 9.36. The highest BCUT2D eigenvalue weighted by Crippen LogP contribution is 2.46. The number of hydrogen-bond donors (Lipinski definition) is 7. The first-order valence-corrected chi connectivity index (χ1v) is 11.6. The van der Waals surface area contributed by atoms with Gasteiger partial charge in [-0.05, 0) is 46.1 Å². The van der Waals surface area contributed by atoms with E-state index >= 15 is 0 Å². The first kappa shape index (κ1) is 25.0. The maximum Gasteiger partial charge on any atom is 0.249 e. The van der Waals surface area contributed by atoms with Crippen molar-refractivity contribution in [2.75, 3.05) is 27.2 Å². The minimum atomic E-state index is -2.20. The van der Waals surface area contributed by atoms with Crippen LogP contribution in [-0.2, 0) is 20.6 Å². The molecule has 188 valence electrons. The Bertz CT molecular complexity index is 769. The van der Waals surface area contributed by atoms with E-state index in [9.17, 15) is 20.4 Å². The molecule has 2 aliphatic heterocycles. The van der Waals surface area contributed by atoms with Crippen LogP contribution in [0.1, 0.15) is 25.5 Å².